The molecule has 0 atom stereocenters. The third-order valence-corrected chi connectivity index (χ3v) is 1.49. The Morgan fingerprint density at radius 2 is 1.90 bits per heavy atom. The van der Waals surface area contributed by atoms with Crippen molar-refractivity contribution in [2.75, 3.05) is 0 Å². The molecule has 0 spiro atoms. The van der Waals surface area contributed by atoms with Crippen molar-refractivity contribution in [3.63, 3.8) is 0 Å². The van der Waals surface area contributed by atoms with Gasteiger partial charge in [0.15, 0.2) is 0 Å². The van der Waals surface area contributed by atoms with Crippen molar-refractivity contribution in [2.45, 2.75) is 33.6 Å². The molecule has 0 N–H and O–H groups in total. The Morgan fingerprint density at radius 3 is 2.30 bits per heavy atom. The lowest BCUT2D eigenvalue weighted by molar-refractivity contribution is 1.08. The maximum Gasteiger partial charge on any atom is -0.0164 e. The fourth-order valence-electron chi connectivity index (χ4n) is 0.606. The second-order valence-electron chi connectivity index (χ2n) is 2.69. The molecule has 0 heterocycles. The second kappa shape index (κ2) is 5.28. The van der Waals surface area contributed by atoms with Gasteiger partial charge in [0.1, 0.15) is 0 Å². The van der Waals surface area contributed by atoms with Crippen LogP contribution in [0.3, 0.4) is 0 Å². The van der Waals surface area contributed by atoms with E-state index in [0.717, 1.165) is 18.4 Å². The van der Waals surface area contributed by atoms with Crippen LogP contribution < -0.4 is 0 Å². The van der Waals surface area contributed by atoms with Crippen LogP contribution in [0.4, 0.5) is 0 Å². The summed E-state index contributed by atoms with van der Waals surface area (Å²) in [5.74, 6) is 0. The van der Waals surface area contributed by atoms with Crippen molar-refractivity contribution in [3.8, 4) is 0 Å². The van der Waals surface area contributed by atoms with Crippen molar-refractivity contribution < 1.29 is 0 Å². The minimum absolute atomic E-state index is 1.04. The molecule has 0 aliphatic heterocycles. The molecule has 0 unspecified atom stereocenters. The Hall–Kier alpha value is -0.520. The molecule has 0 bridgehead atoms. The van der Waals surface area contributed by atoms with Crippen LogP contribution in [-0.2, 0) is 0 Å². The first-order valence-corrected chi connectivity index (χ1v) is 3.81. The highest BCUT2D eigenvalue weighted by Gasteiger charge is 1.80. The van der Waals surface area contributed by atoms with Crippen LogP contribution in [0, 0.1) is 6.92 Å². The number of hydrogen-bond donors (Lipinski definition) is 0. The van der Waals surface area contributed by atoms with Crippen LogP contribution in [-0.4, -0.2) is 0 Å². The minimum atomic E-state index is 1.04. The van der Waals surface area contributed by atoms with Gasteiger partial charge >= 0.3 is 0 Å². The van der Waals surface area contributed by atoms with Gasteiger partial charge in [-0.2, -0.15) is 0 Å². The van der Waals surface area contributed by atoms with E-state index in [1.54, 1.807) is 0 Å². The number of hydrogen-bond acceptors (Lipinski definition) is 0. The molecule has 0 aliphatic rings. The summed E-state index contributed by atoms with van der Waals surface area (Å²) in [7, 11) is 0. The zero-order valence-electron chi connectivity index (χ0n) is 7.28. The highest BCUT2D eigenvalue weighted by Crippen LogP contribution is 2.01. The van der Waals surface area contributed by atoms with Crippen molar-refractivity contribution in [3.05, 3.63) is 30.2 Å². The van der Waals surface area contributed by atoms with Crippen molar-refractivity contribution in [1.82, 2.24) is 0 Å². The molecule has 0 heteroatoms. The molecule has 0 fully saturated rings. The van der Waals surface area contributed by atoms with Gasteiger partial charge in [-0.15, -0.1) is 0 Å². The molecule has 57 valence electrons. The third kappa shape index (κ3) is 5.61. The van der Waals surface area contributed by atoms with E-state index >= 15 is 0 Å². The lowest BCUT2D eigenvalue weighted by Crippen LogP contribution is -1.71. The van der Waals surface area contributed by atoms with E-state index in [9.17, 15) is 0 Å². The quantitative estimate of drug-likeness (QED) is 0.522. The Balaban J connectivity index is 3.63. The van der Waals surface area contributed by atoms with E-state index < -0.39 is 0 Å². The fourth-order valence-corrected chi connectivity index (χ4v) is 0.606. The topological polar surface area (TPSA) is 0 Å². The maximum atomic E-state index is 3.79. The summed E-state index contributed by atoms with van der Waals surface area (Å²) >= 11 is 0. The average Bonchev–Trinajstić information content (AvgIpc) is 1.87. The number of rotatable bonds is 3. The lowest BCUT2D eigenvalue weighted by atomic mass is 10.2. The Morgan fingerprint density at radius 1 is 1.30 bits per heavy atom. The molecular weight excluding hydrogens is 120 g/mol. The molecule has 0 saturated heterocycles. The van der Waals surface area contributed by atoms with Crippen LogP contribution >= 0.6 is 0 Å². The first-order chi connectivity index (χ1) is 4.66. The molecule has 0 saturated carbocycles. The van der Waals surface area contributed by atoms with Crippen LogP contribution in [0.1, 0.15) is 33.6 Å². The van der Waals surface area contributed by atoms with E-state index in [0.29, 0.717) is 0 Å². The first-order valence-electron chi connectivity index (χ1n) is 3.81. The normalized spacial score (nSPS) is 14.0. The van der Waals surface area contributed by atoms with Gasteiger partial charge in [0.05, 0.1) is 0 Å². The smallest absolute Gasteiger partial charge is 0.0164 e. The molecule has 0 amide bonds. The van der Waals surface area contributed by atoms with Crippen LogP contribution in [0.2, 0.25) is 0 Å². The molecule has 0 nitrogen and oxygen atoms in total. The average molecular weight is 137 g/mol. The zero-order valence-corrected chi connectivity index (χ0v) is 7.28. The van der Waals surface area contributed by atoms with Crippen LogP contribution in [0.5, 0.6) is 0 Å². The third-order valence-electron chi connectivity index (χ3n) is 1.49. The molecule has 0 aliphatic carbocycles. The summed E-state index contributed by atoms with van der Waals surface area (Å²) in [5.41, 5.74) is 2.61. The van der Waals surface area contributed by atoms with Crippen LogP contribution in [0.25, 0.3) is 0 Å². The van der Waals surface area contributed by atoms with E-state index in [4.69, 9.17) is 0 Å². The van der Waals surface area contributed by atoms with Crippen molar-refractivity contribution in [2.24, 2.45) is 0 Å². The fraction of sp³-hybridized carbons (Fsp3) is 0.500. The van der Waals surface area contributed by atoms with Gasteiger partial charge in [-0.3, -0.25) is 0 Å². The van der Waals surface area contributed by atoms with E-state index in [1.165, 1.54) is 5.57 Å². The van der Waals surface area contributed by atoms with Crippen molar-refractivity contribution in [1.29, 1.82) is 0 Å². The van der Waals surface area contributed by atoms with Gasteiger partial charge < -0.3 is 0 Å². The Kier molecular flexibility index (Phi) is 5.00. The van der Waals surface area contributed by atoms with Crippen molar-refractivity contribution >= 4 is 0 Å². The Bertz CT molecular complexity index is 134. The minimum Gasteiger partial charge on any atom is -0.0818 e. The van der Waals surface area contributed by atoms with Gasteiger partial charge in [0, 0.05) is 0 Å². The van der Waals surface area contributed by atoms with E-state index in [2.05, 4.69) is 32.9 Å². The molecule has 10 heavy (non-hydrogen) atoms. The molecule has 0 aromatic carbocycles. The number of allylic oxidation sites excluding steroid dienone is 4. The van der Waals surface area contributed by atoms with Gasteiger partial charge in [0.25, 0.3) is 0 Å². The summed E-state index contributed by atoms with van der Waals surface area (Å²) in [6, 6.07) is 0. The summed E-state index contributed by atoms with van der Waals surface area (Å²) in [6.45, 7) is 10.1. The van der Waals surface area contributed by atoms with Gasteiger partial charge in [0.2, 0.25) is 0 Å². The summed E-state index contributed by atoms with van der Waals surface area (Å²) < 4.78 is 0. The molecule has 0 aromatic heterocycles. The van der Waals surface area contributed by atoms with Gasteiger partial charge in [-0.05, 0) is 33.6 Å². The Labute approximate surface area is 64.6 Å². The van der Waals surface area contributed by atoms with E-state index in [1.807, 2.05) is 6.92 Å². The second-order valence-corrected chi connectivity index (χ2v) is 2.69. The van der Waals surface area contributed by atoms with E-state index in [-0.39, 0.29) is 0 Å². The van der Waals surface area contributed by atoms with Gasteiger partial charge in [-0.1, -0.05) is 30.2 Å². The lowest BCUT2D eigenvalue weighted by Gasteiger charge is -1.92. The van der Waals surface area contributed by atoms with Gasteiger partial charge in [-0.25, -0.2) is 0 Å². The molecular formula is C10H17. The summed E-state index contributed by atoms with van der Waals surface area (Å²) in [6.07, 6.45) is 6.58. The largest absolute Gasteiger partial charge is 0.0818 e. The summed E-state index contributed by atoms with van der Waals surface area (Å²) in [4.78, 5) is 0. The maximum absolute atomic E-state index is 3.79. The van der Waals surface area contributed by atoms with Crippen LogP contribution in [0.15, 0.2) is 23.3 Å². The molecule has 0 rings (SSSR count). The zero-order chi connectivity index (χ0) is 7.98. The highest BCUT2D eigenvalue weighted by molar-refractivity contribution is 5.07. The predicted octanol–water partition coefficient (Wildman–Crippen LogP) is 3.51. The summed E-state index contributed by atoms with van der Waals surface area (Å²) in [5, 5.41) is 0. The predicted molar refractivity (Wildman–Crippen MR) is 47.8 cm³/mol. The molecule has 0 aromatic rings. The standard InChI is InChI=1S/C10H17/c1-5-10(4)8-6-7-9(2)3/h7-8H,2,5-6H2,1,3-4H3/b9-7-,10-8+. The molecule has 1 radical (unpaired) electrons. The highest BCUT2D eigenvalue weighted by atomic mass is 13.9. The SMILES string of the molecule is [CH2]/C(C)=C/C/C=C(\C)CC. The monoisotopic (exact) mass is 137 g/mol. The first kappa shape index (κ1) is 9.48.